The molecule has 136 valence electrons. The van der Waals surface area contributed by atoms with E-state index in [0.717, 1.165) is 24.4 Å². The lowest BCUT2D eigenvalue weighted by Gasteiger charge is -2.26. The molecule has 2 rings (SSSR count). The van der Waals surface area contributed by atoms with E-state index in [1.807, 2.05) is 24.3 Å². The zero-order valence-corrected chi connectivity index (χ0v) is 15.3. The summed E-state index contributed by atoms with van der Waals surface area (Å²) in [5, 5.41) is 6.85. The SMILES string of the molecule is CCN(CC)C(C)CNC(=O)Cc1nc(-c2ccc(OC)cc2)no1. The Hall–Kier alpha value is -2.41. The quantitative estimate of drug-likeness (QED) is 0.749. The first kappa shape index (κ1) is 18.9. The van der Waals surface area contributed by atoms with Gasteiger partial charge in [0.25, 0.3) is 0 Å². The number of nitrogens with zero attached hydrogens (tertiary/aromatic N) is 3. The van der Waals surface area contributed by atoms with Crippen molar-refractivity contribution < 1.29 is 14.1 Å². The van der Waals surface area contributed by atoms with Gasteiger partial charge >= 0.3 is 0 Å². The van der Waals surface area contributed by atoms with Gasteiger partial charge in [-0.15, -0.1) is 0 Å². The molecule has 2 aromatic rings. The van der Waals surface area contributed by atoms with E-state index in [2.05, 4.69) is 41.1 Å². The molecular formula is C18H26N4O3. The number of carbonyl (C=O) groups excluding carboxylic acids is 1. The molecular weight excluding hydrogens is 320 g/mol. The number of benzene rings is 1. The number of aromatic nitrogens is 2. The van der Waals surface area contributed by atoms with E-state index in [-0.39, 0.29) is 18.4 Å². The number of likely N-dealkylation sites (N-methyl/N-ethyl adjacent to an activating group) is 1. The van der Waals surface area contributed by atoms with Gasteiger partial charge in [0.1, 0.15) is 12.2 Å². The molecule has 1 atom stereocenters. The Bertz CT molecular complexity index is 665. The molecule has 7 heteroatoms. The summed E-state index contributed by atoms with van der Waals surface area (Å²) in [6.07, 6.45) is 0.0775. The summed E-state index contributed by atoms with van der Waals surface area (Å²) in [7, 11) is 1.61. The first-order chi connectivity index (χ1) is 12.1. The molecule has 25 heavy (non-hydrogen) atoms. The maximum absolute atomic E-state index is 12.1. The van der Waals surface area contributed by atoms with Gasteiger partial charge in [0.05, 0.1) is 7.11 Å². The predicted octanol–water partition coefficient (Wildman–Crippen LogP) is 2.13. The number of methoxy groups -OCH3 is 1. The Morgan fingerprint density at radius 2 is 1.96 bits per heavy atom. The molecule has 0 aliphatic rings. The largest absolute Gasteiger partial charge is 0.497 e. The molecule has 0 aliphatic carbocycles. The summed E-state index contributed by atoms with van der Waals surface area (Å²) < 4.78 is 10.3. The van der Waals surface area contributed by atoms with Crippen LogP contribution in [0, 0.1) is 0 Å². The van der Waals surface area contributed by atoms with Crippen LogP contribution < -0.4 is 10.1 Å². The third-order valence-electron chi connectivity index (χ3n) is 4.16. The molecule has 0 saturated carbocycles. The molecule has 0 bridgehead atoms. The van der Waals surface area contributed by atoms with E-state index in [1.54, 1.807) is 7.11 Å². The molecule has 0 aliphatic heterocycles. The molecule has 1 aromatic carbocycles. The smallest absolute Gasteiger partial charge is 0.236 e. The first-order valence-electron chi connectivity index (χ1n) is 8.55. The average Bonchev–Trinajstić information content (AvgIpc) is 3.09. The minimum absolute atomic E-state index is 0.0775. The Morgan fingerprint density at radius 3 is 2.56 bits per heavy atom. The van der Waals surface area contributed by atoms with Gasteiger partial charge in [-0.3, -0.25) is 9.69 Å². The zero-order valence-electron chi connectivity index (χ0n) is 15.3. The monoisotopic (exact) mass is 346 g/mol. The highest BCUT2D eigenvalue weighted by Gasteiger charge is 2.15. The molecule has 0 radical (unpaired) electrons. The van der Waals surface area contributed by atoms with Crippen LogP contribution in [0.1, 0.15) is 26.7 Å². The summed E-state index contributed by atoms with van der Waals surface area (Å²) >= 11 is 0. The van der Waals surface area contributed by atoms with Crippen molar-refractivity contribution in [1.82, 2.24) is 20.4 Å². The molecule has 1 unspecified atom stereocenters. The molecule has 1 amide bonds. The van der Waals surface area contributed by atoms with Gasteiger partial charge < -0.3 is 14.6 Å². The van der Waals surface area contributed by atoms with E-state index in [9.17, 15) is 4.79 Å². The number of hydrogen-bond acceptors (Lipinski definition) is 6. The standard InChI is InChI=1S/C18H26N4O3/c1-5-22(6-2)13(3)12-19-16(23)11-17-20-18(21-25-17)14-7-9-15(24-4)10-8-14/h7-10,13H,5-6,11-12H2,1-4H3,(H,19,23). The van der Waals surface area contributed by atoms with E-state index in [1.165, 1.54) is 0 Å². The highest BCUT2D eigenvalue weighted by atomic mass is 16.5. The first-order valence-corrected chi connectivity index (χ1v) is 8.55. The lowest BCUT2D eigenvalue weighted by molar-refractivity contribution is -0.121. The molecule has 1 heterocycles. The molecule has 0 spiro atoms. The van der Waals surface area contributed by atoms with Gasteiger partial charge in [0, 0.05) is 18.2 Å². The van der Waals surface area contributed by atoms with Crippen LogP contribution >= 0.6 is 0 Å². The Morgan fingerprint density at radius 1 is 1.28 bits per heavy atom. The van der Waals surface area contributed by atoms with Gasteiger partial charge in [-0.25, -0.2) is 0 Å². The van der Waals surface area contributed by atoms with Crippen LogP contribution in [-0.2, 0) is 11.2 Å². The van der Waals surface area contributed by atoms with Crippen molar-refractivity contribution in [1.29, 1.82) is 0 Å². The van der Waals surface area contributed by atoms with Crippen LogP contribution in [0.25, 0.3) is 11.4 Å². The van der Waals surface area contributed by atoms with Crippen LogP contribution in [-0.4, -0.2) is 53.7 Å². The lowest BCUT2D eigenvalue weighted by atomic mass is 10.2. The van der Waals surface area contributed by atoms with Crippen LogP contribution in [0.3, 0.4) is 0 Å². The highest BCUT2D eigenvalue weighted by molar-refractivity contribution is 5.77. The second-order valence-electron chi connectivity index (χ2n) is 5.79. The van der Waals surface area contributed by atoms with E-state index in [0.29, 0.717) is 18.3 Å². The van der Waals surface area contributed by atoms with Crippen molar-refractivity contribution in [3.63, 3.8) is 0 Å². The fourth-order valence-electron chi connectivity index (χ4n) is 2.62. The number of nitrogens with one attached hydrogen (secondary N) is 1. The summed E-state index contributed by atoms with van der Waals surface area (Å²) in [5.41, 5.74) is 0.811. The minimum atomic E-state index is -0.121. The Balaban J connectivity index is 1.88. The third kappa shape index (κ3) is 5.29. The predicted molar refractivity (Wildman–Crippen MR) is 95.4 cm³/mol. The third-order valence-corrected chi connectivity index (χ3v) is 4.16. The van der Waals surface area contributed by atoms with Crippen molar-refractivity contribution in [3.05, 3.63) is 30.2 Å². The summed E-state index contributed by atoms with van der Waals surface area (Å²) in [4.78, 5) is 18.6. The van der Waals surface area contributed by atoms with E-state index < -0.39 is 0 Å². The van der Waals surface area contributed by atoms with Crippen molar-refractivity contribution >= 4 is 5.91 Å². The minimum Gasteiger partial charge on any atom is -0.497 e. The maximum atomic E-state index is 12.1. The van der Waals surface area contributed by atoms with Crippen LogP contribution in [0.2, 0.25) is 0 Å². The Kier molecular flexibility index (Phi) is 6.94. The second-order valence-corrected chi connectivity index (χ2v) is 5.79. The number of ether oxygens (including phenoxy) is 1. The topological polar surface area (TPSA) is 80.5 Å². The number of carbonyl (C=O) groups is 1. The normalized spacial score (nSPS) is 12.2. The molecule has 7 nitrogen and oxygen atoms in total. The van der Waals surface area contributed by atoms with Crippen molar-refractivity contribution in [2.75, 3.05) is 26.7 Å². The fourth-order valence-corrected chi connectivity index (χ4v) is 2.62. The summed E-state index contributed by atoms with van der Waals surface area (Å²) in [6, 6.07) is 7.63. The second kappa shape index (κ2) is 9.17. The van der Waals surface area contributed by atoms with Crippen LogP contribution in [0.4, 0.5) is 0 Å². The summed E-state index contributed by atoms with van der Waals surface area (Å²) in [5.74, 6) is 1.40. The van der Waals surface area contributed by atoms with E-state index >= 15 is 0 Å². The summed E-state index contributed by atoms with van der Waals surface area (Å²) in [6.45, 7) is 8.84. The van der Waals surface area contributed by atoms with E-state index in [4.69, 9.17) is 9.26 Å². The fraction of sp³-hybridized carbons (Fsp3) is 0.500. The molecule has 0 fully saturated rings. The van der Waals surface area contributed by atoms with Crippen molar-refractivity contribution in [2.45, 2.75) is 33.2 Å². The number of hydrogen-bond donors (Lipinski definition) is 1. The number of rotatable bonds is 9. The maximum Gasteiger partial charge on any atom is 0.236 e. The molecule has 0 saturated heterocycles. The molecule has 1 aromatic heterocycles. The van der Waals surface area contributed by atoms with Crippen molar-refractivity contribution in [2.24, 2.45) is 0 Å². The average molecular weight is 346 g/mol. The van der Waals surface area contributed by atoms with Crippen LogP contribution in [0.5, 0.6) is 5.75 Å². The van der Waals surface area contributed by atoms with Gasteiger partial charge in [0.2, 0.25) is 17.6 Å². The van der Waals surface area contributed by atoms with Crippen LogP contribution in [0.15, 0.2) is 28.8 Å². The highest BCUT2D eigenvalue weighted by Crippen LogP contribution is 2.19. The van der Waals surface area contributed by atoms with Gasteiger partial charge in [-0.2, -0.15) is 4.98 Å². The van der Waals surface area contributed by atoms with Gasteiger partial charge in [-0.05, 0) is 44.3 Å². The van der Waals surface area contributed by atoms with Gasteiger partial charge in [-0.1, -0.05) is 19.0 Å². The Labute approximate surface area is 148 Å². The number of amides is 1. The lowest BCUT2D eigenvalue weighted by Crippen LogP contribution is -2.42. The van der Waals surface area contributed by atoms with Crippen molar-refractivity contribution in [3.8, 4) is 17.1 Å². The van der Waals surface area contributed by atoms with Gasteiger partial charge in [0.15, 0.2) is 0 Å². The zero-order chi connectivity index (χ0) is 18.2. The molecule has 1 N–H and O–H groups in total.